The van der Waals surface area contributed by atoms with Crippen molar-refractivity contribution in [2.45, 2.75) is 33.1 Å². The second-order valence-corrected chi connectivity index (χ2v) is 5.78. The Morgan fingerprint density at radius 2 is 1.56 bits per heavy atom. The number of rotatable bonds is 2. The fourth-order valence-electron chi connectivity index (χ4n) is 2.84. The van der Waals surface area contributed by atoms with E-state index in [1.165, 1.54) is 33.9 Å². The molecule has 92 valence electrons. The molecule has 3 rings (SSSR count). The van der Waals surface area contributed by atoms with Crippen molar-refractivity contribution in [2.75, 3.05) is 0 Å². The number of fused-ring (bicyclic) bond motifs is 2. The lowest BCUT2D eigenvalue weighted by molar-refractivity contribution is 0.648. The van der Waals surface area contributed by atoms with E-state index in [2.05, 4.69) is 56.3 Å². The molecule has 2 aromatic rings. The Kier molecular flexibility index (Phi) is 2.95. The normalized spacial score (nSPS) is 14.2. The molecule has 1 aliphatic rings. The SMILES string of the molecule is CC(C)Cc1ccc2cc3c(cc2c1)CC=CC3. The highest BCUT2D eigenvalue weighted by Crippen LogP contribution is 2.25. The van der Waals surface area contributed by atoms with Crippen molar-refractivity contribution in [2.24, 2.45) is 5.92 Å². The minimum Gasteiger partial charge on any atom is -0.0838 e. The molecule has 1 aliphatic carbocycles. The molecule has 0 spiro atoms. The van der Waals surface area contributed by atoms with Crippen LogP contribution in [0.5, 0.6) is 0 Å². The van der Waals surface area contributed by atoms with E-state index in [-0.39, 0.29) is 0 Å². The van der Waals surface area contributed by atoms with Crippen molar-refractivity contribution in [3.05, 3.63) is 59.2 Å². The van der Waals surface area contributed by atoms with Gasteiger partial charge in [-0.1, -0.05) is 56.3 Å². The average molecular weight is 236 g/mol. The van der Waals surface area contributed by atoms with Crippen LogP contribution in [0.1, 0.15) is 30.5 Å². The zero-order valence-corrected chi connectivity index (χ0v) is 11.2. The largest absolute Gasteiger partial charge is 0.0838 e. The van der Waals surface area contributed by atoms with Gasteiger partial charge in [-0.2, -0.15) is 0 Å². The fraction of sp³-hybridized carbons (Fsp3) is 0.333. The van der Waals surface area contributed by atoms with Gasteiger partial charge in [0, 0.05) is 0 Å². The second kappa shape index (κ2) is 4.61. The average Bonchev–Trinajstić information content (AvgIpc) is 2.35. The topological polar surface area (TPSA) is 0 Å². The van der Waals surface area contributed by atoms with Gasteiger partial charge in [0.1, 0.15) is 0 Å². The van der Waals surface area contributed by atoms with Gasteiger partial charge in [0.25, 0.3) is 0 Å². The Balaban J connectivity index is 2.06. The summed E-state index contributed by atoms with van der Waals surface area (Å²) in [6, 6.07) is 11.7. The monoisotopic (exact) mass is 236 g/mol. The van der Waals surface area contributed by atoms with Gasteiger partial charge in [0.15, 0.2) is 0 Å². The van der Waals surface area contributed by atoms with Crippen molar-refractivity contribution >= 4 is 10.8 Å². The van der Waals surface area contributed by atoms with E-state index in [4.69, 9.17) is 0 Å². The maximum absolute atomic E-state index is 2.39. The molecule has 0 saturated carbocycles. The van der Waals surface area contributed by atoms with Crippen molar-refractivity contribution in [3.8, 4) is 0 Å². The summed E-state index contributed by atoms with van der Waals surface area (Å²) < 4.78 is 0. The molecule has 0 aromatic heterocycles. The molecule has 0 heterocycles. The molecule has 18 heavy (non-hydrogen) atoms. The van der Waals surface area contributed by atoms with Gasteiger partial charge >= 0.3 is 0 Å². The van der Waals surface area contributed by atoms with E-state index in [0.29, 0.717) is 0 Å². The van der Waals surface area contributed by atoms with Crippen molar-refractivity contribution in [3.63, 3.8) is 0 Å². The minimum absolute atomic E-state index is 0.725. The lowest BCUT2D eigenvalue weighted by Gasteiger charge is -2.13. The first-order valence-corrected chi connectivity index (χ1v) is 6.92. The molecule has 0 nitrogen and oxygen atoms in total. The Hall–Kier alpha value is -1.56. The summed E-state index contributed by atoms with van der Waals surface area (Å²) in [6.07, 6.45) is 7.93. The van der Waals surface area contributed by atoms with Gasteiger partial charge in [-0.05, 0) is 52.6 Å². The van der Waals surface area contributed by atoms with Crippen LogP contribution in [0.4, 0.5) is 0 Å². The molecular weight excluding hydrogens is 216 g/mol. The lowest BCUT2D eigenvalue weighted by Crippen LogP contribution is -1.98. The molecule has 0 atom stereocenters. The summed E-state index contributed by atoms with van der Waals surface area (Å²) >= 11 is 0. The van der Waals surface area contributed by atoms with Crippen LogP contribution in [-0.4, -0.2) is 0 Å². The van der Waals surface area contributed by atoms with Crippen molar-refractivity contribution in [1.29, 1.82) is 0 Å². The third-order valence-electron chi connectivity index (χ3n) is 3.71. The predicted octanol–water partition coefficient (Wildman–Crippen LogP) is 4.69. The Labute approximate surface area is 109 Å². The van der Waals surface area contributed by atoms with Gasteiger partial charge < -0.3 is 0 Å². The fourth-order valence-corrected chi connectivity index (χ4v) is 2.84. The van der Waals surface area contributed by atoms with E-state index in [1.807, 2.05) is 0 Å². The lowest BCUT2D eigenvalue weighted by atomic mass is 9.92. The molecule has 0 aliphatic heterocycles. The summed E-state index contributed by atoms with van der Waals surface area (Å²) in [6.45, 7) is 4.56. The standard InChI is InChI=1S/C18H20/c1-13(2)9-14-7-8-17-11-15-5-3-4-6-16(15)12-18(17)10-14/h3-4,7-8,10-13H,5-6,9H2,1-2H3. The third-order valence-corrected chi connectivity index (χ3v) is 3.71. The van der Waals surface area contributed by atoms with Crippen molar-refractivity contribution in [1.82, 2.24) is 0 Å². The van der Waals surface area contributed by atoms with Crippen LogP contribution in [0.2, 0.25) is 0 Å². The van der Waals surface area contributed by atoms with E-state index < -0.39 is 0 Å². The van der Waals surface area contributed by atoms with E-state index in [0.717, 1.165) is 18.8 Å². The van der Waals surface area contributed by atoms with Crippen LogP contribution < -0.4 is 0 Å². The number of benzene rings is 2. The minimum atomic E-state index is 0.725. The molecule has 0 heteroatoms. The van der Waals surface area contributed by atoms with Gasteiger partial charge in [0.05, 0.1) is 0 Å². The summed E-state index contributed by atoms with van der Waals surface area (Å²) in [5.41, 5.74) is 4.47. The van der Waals surface area contributed by atoms with E-state index >= 15 is 0 Å². The molecule has 0 amide bonds. The van der Waals surface area contributed by atoms with Crippen molar-refractivity contribution < 1.29 is 0 Å². The first-order valence-electron chi connectivity index (χ1n) is 6.92. The molecule has 0 bridgehead atoms. The number of allylic oxidation sites excluding steroid dienone is 2. The first kappa shape index (κ1) is 11.5. The van der Waals surface area contributed by atoms with Gasteiger partial charge in [-0.25, -0.2) is 0 Å². The van der Waals surface area contributed by atoms with Crippen LogP contribution in [0.25, 0.3) is 10.8 Å². The first-order chi connectivity index (χ1) is 8.72. The molecule has 0 N–H and O–H groups in total. The smallest absolute Gasteiger partial charge is 0.00943 e. The predicted molar refractivity (Wildman–Crippen MR) is 79.0 cm³/mol. The molecule has 2 aromatic carbocycles. The zero-order valence-electron chi connectivity index (χ0n) is 11.2. The summed E-state index contributed by atoms with van der Waals surface area (Å²) in [5.74, 6) is 0.725. The van der Waals surface area contributed by atoms with Crippen LogP contribution in [0.3, 0.4) is 0 Å². The Morgan fingerprint density at radius 1 is 0.889 bits per heavy atom. The van der Waals surface area contributed by atoms with E-state index in [1.54, 1.807) is 0 Å². The zero-order chi connectivity index (χ0) is 12.5. The molecule has 0 radical (unpaired) electrons. The number of hydrogen-bond acceptors (Lipinski definition) is 0. The quantitative estimate of drug-likeness (QED) is 0.663. The highest BCUT2D eigenvalue weighted by Gasteiger charge is 2.07. The Morgan fingerprint density at radius 3 is 2.22 bits per heavy atom. The maximum atomic E-state index is 2.39. The molecule has 0 fully saturated rings. The van der Waals surface area contributed by atoms with Gasteiger partial charge in [-0.3, -0.25) is 0 Å². The summed E-state index contributed by atoms with van der Waals surface area (Å²) in [4.78, 5) is 0. The van der Waals surface area contributed by atoms with E-state index in [9.17, 15) is 0 Å². The van der Waals surface area contributed by atoms with Crippen LogP contribution in [0.15, 0.2) is 42.5 Å². The van der Waals surface area contributed by atoms with Crippen LogP contribution in [0, 0.1) is 5.92 Å². The highest BCUT2D eigenvalue weighted by molar-refractivity contribution is 5.85. The van der Waals surface area contributed by atoms with Gasteiger partial charge in [-0.15, -0.1) is 0 Å². The summed E-state index contributed by atoms with van der Waals surface area (Å²) in [7, 11) is 0. The molecule has 0 unspecified atom stereocenters. The maximum Gasteiger partial charge on any atom is -0.00943 e. The number of hydrogen-bond donors (Lipinski definition) is 0. The molecular formula is C18H20. The van der Waals surface area contributed by atoms with Crippen LogP contribution in [-0.2, 0) is 19.3 Å². The summed E-state index contributed by atoms with van der Waals surface area (Å²) in [5, 5.41) is 2.79. The van der Waals surface area contributed by atoms with Crippen LogP contribution >= 0.6 is 0 Å². The van der Waals surface area contributed by atoms with Gasteiger partial charge in [0.2, 0.25) is 0 Å². The molecule has 0 saturated heterocycles. The highest BCUT2D eigenvalue weighted by atomic mass is 14.1. The third kappa shape index (κ3) is 2.20. The second-order valence-electron chi connectivity index (χ2n) is 5.78. The Bertz CT molecular complexity index is 603.